The van der Waals surface area contributed by atoms with Crippen LogP contribution in [-0.4, -0.2) is 31.6 Å². The summed E-state index contributed by atoms with van der Waals surface area (Å²) in [6.45, 7) is 4.94. The summed E-state index contributed by atoms with van der Waals surface area (Å²) in [6, 6.07) is 13.0. The number of carbonyl (C=O) groups excluding carboxylic acids is 2. The van der Waals surface area contributed by atoms with Crippen LogP contribution >= 0.6 is 0 Å². The SMILES string of the molecule is CCCCCCOc1ccc(NC(=O)CN2CC(=O)Oc3cc(C)ccc32)cc1. The van der Waals surface area contributed by atoms with Gasteiger partial charge >= 0.3 is 5.97 Å². The fourth-order valence-corrected chi connectivity index (χ4v) is 3.23. The number of amides is 1. The average Bonchev–Trinajstić information content (AvgIpc) is 2.68. The molecule has 6 heteroatoms. The Balaban J connectivity index is 1.53. The minimum atomic E-state index is -0.365. The highest BCUT2D eigenvalue weighted by Crippen LogP contribution is 2.32. The lowest BCUT2D eigenvalue weighted by molar-refractivity contribution is -0.133. The second-order valence-electron chi connectivity index (χ2n) is 7.28. The lowest BCUT2D eigenvalue weighted by Gasteiger charge is -2.29. The standard InChI is InChI=1S/C23H28N2O4/c1-3-4-5-6-13-28-19-10-8-18(9-11-19)24-22(26)15-25-16-23(27)29-21-14-17(2)7-12-20(21)25/h7-12,14H,3-6,13,15-16H2,1-2H3,(H,24,26). The number of esters is 1. The van der Waals surface area contributed by atoms with Gasteiger partial charge in [-0.25, -0.2) is 4.79 Å². The minimum absolute atomic E-state index is 0.0499. The highest BCUT2D eigenvalue weighted by atomic mass is 16.5. The van der Waals surface area contributed by atoms with E-state index < -0.39 is 0 Å². The largest absolute Gasteiger partial charge is 0.494 e. The number of benzene rings is 2. The van der Waals surface area contributed by atoms with Crippen molar-refractivity contribution in [3.05, 3.63) is 48.0 Å². The molecule has 1 amide bonds. The summed E-state index contributed by atoms with van der Waals surface area (Å²) in [7, 11) is 0. The van der Waals surface area contributed by atoms with Crippen LogP contribution in [0.15, 0.2) is 42.5 Å². The normalized spacial score (nSPS) is 12.9. The molecule has 2 aromatic rings. The first-order chi connectivity index (χ1) is 14.0. The lowest BCUT2D eigenvalue weighted by Crippen LogP contribution is -2.41. The first kappa shape index (κ1) is 20.7. The van der Waals surface area contributed by atoms with Crippen LogP contribution in [0.5, 0.6) is 11.5 Å². The molecule has 0 aliphatic carbocycles. The molecule has 0 unspecified atom stereocenters. The third-order valence-electron chi connectivity index (χ3n) is 4.74. The van der Waals surface area contributed by atoms with Crippen LogP contribution in [0.2, 0.25) is 0 Å². The van der Waals surface area contributed by atoms with Gasteiger partial charge < -0.3 is 19.7 Å². The molecule has 1 aliphatic rings. The molecular weight excluding hydrogens is 368 g/mol. The molecule has 1 heterocycles. The first-order valence-corrected chi connectivity index (χ1v) is 10.1. The Kier molecular flexibility index (Phi) is 7.11. The van der Waals surface area contributed by atoms with Gasteiger partial charge in [0.15, 0.2) is 5.75 Å². The predicted octanol–water partition coefficient (Wildman–Crippen LogP) is 4.32. The van der Waals surface area contributed by atoms with Gasteiger partial charge in [0.2, 0.25) is 5.91 Å². The van der Waals surface area contributed by atoms with Gasteiger partial charge in [-0.2, -0.15) is 0 Å². The molecule has 0 aromatic heterocycles. The van der Waals surface area contributed by atoms with Crippen LogP contribution in [0.4, 0.5) is 11.4 Å². The first-order valence-electron chi connectivity index (χ1n) is 10.1. The van der Waals surface area contributed by atoms with Crippen molar-refractivity contribution < 1.29 is 19.1 Å². The van der Waals surface area contributed by atoms with Crippen LogP contribution in [-0.2, 0) is 9.59 Å². The van der Waals surface area contributed by atoms with E-state index in [2.05, 4.69) is 12.2 Å². The van der Waals surface area contributed by atoms with Gasteiger partial charge in [0.1, 0.15) is 12.3 Å². The van der Waals surface area contributed by atoms with Crippen LogP contribution < -0.4 is 19.7 Å². The van der Waals surface area contributed by atoms with E-state index in [0.717, 1.165) is 23.4 Å². The molecule has 0 saturated carbocycles. The number of hydrogen-bond acceptors (Lipinski definition) is 5. The van der Waals surface area contributed by atoms with Crippen molar-refractivity contribution in [2.45, 2.75) is 39.5 Å². The number of rotatable bonds is 9. The van der Waals surface area contributed by atoms with E-state index in [1.807, 2.05) is 43.3 Å². The van der Waals surface area contributed by atoms with Gasteiger partial charge in [0, 0.05) is 5.69 Å². The number of nitrogens with zero attached hydrogens (tertiary/aromatic N) is 1. The maximum atomic E-state index is 12.5. The van der Waals surface area contributed by atoms with Crippen molar-refractivity contribution in [3.8, 4) is 11.5 Å². The smallest absolute Gasteiger partial charge is 0.331 e. The van der Waals surface area contributed by atoms with Crippen LogP contribution in [0.3, 0.4) is 0 Å². The predicted molar refractivity (Wildman–Crippen MR) is 114 cm³/mol. The zero-order valence-electron chi connectivity index (χ0n) is 17.1. The van der Waals surface area contributed by atoms with E-state index in [1.54, 1.807) is 11.0 Å². The molecule has 3 rings (SSSR count). The van der Waals surface area contributed by atoms with E-state index in [4.69, 9.17) is 9.47 Å². The summed E-state index contributed by atoms with van der Waals surface area (Å²) in [5, 5.41) is 2.87. The quantitative estimate of drug-likeness (QED) is 0.388. The van der Waals surface area contributed by atoms with Crippen molar-refractivity contribution in [2.24, 2.45) is 0 Å². The molecule has 154 valence electrons. The number of hydrogen-bond donors (Lipinski definition) is 1. The molecule has 6 nitrogen and oxygen atoms in total. The van der Waals surface area contributed by atoms with Crippen molar-refractivity contribution in [2.75, 3.05) is 29.9 Å². The van der Waals surface area contributed by atoms with Crippen molar-refractivity contribution in [1.82, 2.24) is 0 Å². The number of nitrogens with one attached hydrogen (secondary N) is 1. The summed E-state index contributed by atoms with van der Waals surface area (Å²) in [6.07, 6.45) is 4.66. The summed E-state index contributed by atoms with van der Waals surface area (Å²) in [5.74, 6) is 0.729. The van der Waals surface area contributed by atoms with Crippen molar-refractivity contribution in [3.63, 3.8) is 0 Å². The van der Waals surface area contributed by atoms with Gasteiger partial charge in [-0.05, 0) is 55.3 Å². The Bertz CT molecular complexity index is 848. The zero-order chi connectivity index (χ0) is 20.6. The molecule has 2 aromatic carbocycles. The molecule has 29 heavy (non-hydrogen) atoms. The summed E-state index contributed by atoms with van der Waals surface area (Å²) < 4.78 is 11.0. The van der Waals surface area contributed by atoms with E-state index >= 15 is 0 Å². The maximum Gasteiger partial charge on any atom is 0.331 e. The fourth-order valence-electron chi connectivity index (χ4n) is 3.23. The number of ether oxygens (including phenoxy) is 2. The van der Waals surface area contributed by atoms with E-state index in [9.17, 15) is 9.59 Å². The Morgan fingerprint density at radius 1 is 1.14 bits per heavy atom. The molecule has 0 atom stereocenters. The Morgan fingerprint density at radius 2 is 1.93 bits per heavy atom. The Morgan fingerprint density at radius 3 is 2.69 bits per heavy atom. The van der Waals surface area contributed by atoms with Gasteiger partial charge in [-0.15, -0.1) is 0 Å². The number of carbonyl (C=O) groups is 2. The molecule has 0 bridgehead atoms. The molecule has 0 spiro atoms. The second-order valence-corrected chi connectivity index (χ2v) is 7.28. The third kappa shape index (κ3) is 5.98. The Hall–Kier alpha value is -3.02. The van der Waals surface area contributed by atoms with Gasteiger partial charge in [0.25, 0.3) is 0 Å². The topological polar surface area (TPSA) is 67.9 Å². The van der Waals surface area contributed by atoms with E-state index in [1.165, 1.54) is 19.3 Å². The average molecular weight is 396 g/mol. The number of fused-ring (bicyclic) bond motifs is 1. The van der Waals surface area contributed by atoms with Crippen molar-refractivity contribution in [1.29, 1.82) is 0 Å². The summed E-state index contributed by atoms with van der Waals surface area (Å²) in [5.41, 5.74) is 2.43. The fraction of sp³-hybridized carbons (Fsp3) is 0.391. The zero-order valence-corrected chi connectivity index (χ0v) is 17.1. The molecule has 0 fully saturated rings. The number of unbranched alkanes of at least 4 members (excludes halogenated alkanes) is 3. The lowest BCUT2D eigenvalue weighted by atomic mass is 10.1. The van der Waals surface area contributed by atoms with Gasteiger partial charge in [-0.1, -0.05) is 32.3 Å². The summed E-state index contributed by atoms with van der Waals surface area (Å²) >= 11 is 0. The van der Waals surface area contributed by atoms with Crippen LogP contribution in [0.1, 0.15) is 38.2 Å². The maximum absolute atomic E-state index is 12.5. The van der Waals surface area contributed by atoms with Crippen molar-refractivity contribution >= 4 is 23.3 Å². The second kappa shape index (κ2) is 9.96. The summed E-state index contributed by atoms with van der Waals surface area (Å²) in [4.78, 5) is 26.1. The highest BCUT2D eigenvalue weighted by Gasteiger charge is 2.25. The van der Waals surface area contributed by atoms with Gasteiger partial charge in [0.05, 0.1) is 18.8 Å². The molecule has 1 aliphatic heterocycles. The van der Waals surface area contributed by atoms with E-state index in [0.29, 0.717) is 18.0 Å². The van der Waals surface area contributed by atoms with E-state index in [-0.39, 0.29) is 25.0 Å². The molecule has 0 saturated heterocycles. The molecule has 1 N–H and O–H groups in total. The minimum Gasteiger partial charge on any atom is -0.494 e. The number of anilines is 2. The number of aryl methyl sites for hydroxylation is 1. The third-order valence-corrected chi connectivity index (χ3v) is 4.74. The van der Waals surface area contributed by atoms with Crippen LogP contribution in [0, 0.1) is 6.92 Å². The highest BCUT2D eigenvalue weighted by molar-refractivity contribution is 5.96. The molecular formula is C23H28N2O4. The monoisotopic (exact) mass is 396 g/mol. The van der Waals surface area contributed by atoms with Crippen LogP contribution in [0.25, 0.3) is 0 Å². The van der Waals surface area contributed by atoms with Gasteiger partial charge in [-0.3, -0.25) is 4.79 Å². The molecule has 0 radical (unpaired) electrons. The Labute approximate surface area is 171 Å².